The van der Waals surface area contributed by atoms with E-state index in [1.165, 1.54) is 12.5 Å². The number of anilines is 1. The molecule has 1 aromatic rings. The van der Waals surface area contributed by atoms with E-state index >= 15 is 0 Å². The smallest absolute Gasteiger partial charge is 0.146 e. The molecule has 1 fully saturated rings. The molecule has 1 aromatic carbocycles. The molecular formula is C14H20FN. The van der Waals surface area contributed by atoms with Crippen molar-refractivity contribution in [2.24, 2.45) is 5.41 Å². The number of nitrogens with one attached hydrogen (secondary N) is 1. The summed E-state index contributed by atoms with van der Waals surface area (Å²) >= 11 is 0. The lowest BCUT2D eigenvalue weighted by molar-refractivity contribution is 0.378. The normalized spacial score (nSPS) is 23.4. The van der Waals surface area contributed by atoms with E-state index in [-0.39, 0.29) is 5.82 Å². The van der Waals surface area contributed by atoms with Crippen LogP contribution < -0.4 is 5.32 Å². The van der Waals surface area contributed by atoms with E-state index in [1.807, 2.05) is 13.0 Å². The Hall–Kier alpha value is -1.05. The van der Waals surface area contributed by atoms with Crippen LogP contribution >= 0.6 is 0 Å². The average Bonchev–Trinajstić information content (AvgIpc) is 2.52. The molecule has 1 unspecified atom stereocenters. The molecule has 1 saturated carbocycles. The van der Waals surface area contributed by atoms with Crippen LogP contribution in [-0.4, -0.2) is 6.04 Å². The van der Waals surface area contributed by atoms with Gasteiger partial charge in [0.2, 0.25) is 0 Å². The van der Waals surface area contributed by atoms with Crippen molar-refractivity contribution >= 4 is 5.69 Å². The van der Waals surface area contributed by atoms with Gasteiger partial charge in [-0.25, -0.2) is 4.39 Å². The Morgan fingerprint density at radius 3 is 2.75 bits per heavy atom. The van der Waals surface area contributed by atoms with E-state index in [4.69, 9.17) is 0 Å². The quantitative estimate of drug-likeness (QED) is 0.792. The number of benzene rings is 1. The lowest BCUT2D eigenvalue weighted by Gasteiger charge is -2.19. The average molecular weight is 221 g/mol. The fourth-order valence-corrected chi connectivity index (χ4v) is 2.53. The van der Waals surface area contributed by atoms with Crippen LogP contribution in [0, 0.1) is 18.2 Å². The number of hydrogen-bond donors (Lipinski definition) is 1. The van der Waals surface area contributed by atoms with E-state index < -0.39 is 0 Å². The molecule has 2 rings (SSSR count). The van der Waals surface area contributed by atoms with Crippen LogP contribution in [0.1, 0.15) is 38.7 Å². The standard InChI is InChI=1S/C14H20FN/c1-10-4-5-12(15)13(8-10)16-11-6-7-14(2,3)9-11/h4-5,8,11,16H,6-7,9H2,1-3H3. The number of aryl methyl sites for hydroxylation is 1. The minimum absolute atomic E-state index is 0.143. The molecule has 1 aliphatic rings. The lowest BCUT2D eigenvalue weighted by Crippen LogP contribution is -2.18. The molecule has 1 nitrogen and oxygen atoms in total. The Balaban J connectivity index is 2.07. The maximum atomic E-state index is 13.6. The second-order valence-corrected chi connectivity index (χ2v) is 5.73. The molecule has 1 N–H and O–H groups in total. The predicted molar refractivity (Wildman–Crippen MR) is 66.2 cm³/mol. The van der Waals surface area contributed by atoms with Gasteiger partial charge in [0.25, 0.3) is 0 Å². The molecule has 1 atom stereocenters. The Kier molecular flexibility index (Phi) is 2.92. The fraction of sp³-hybridized carbons (Fsp3) is 0.571. The van der Waals surface area contributed by atoms with Crippen LogP contribution in [0.15, 0.2) is 18.2 Å². The van der Waals surface area contributed by atoms with Gasteiger partial charge in [-0.1, -0.05) is 19.9 Å². The number of halogens is 1. The highest BCUT2D eigenvalue weighted by Gasteiger charge is 2.30. The highest BCUT2D eigenvalue weighted by molar-refractivity contribution is 5.48. The third-order valence-electron chi connectivity index (χ3n) is 3.45. The summed E-state index contributed by atoms with van der Waals surface area (Å²) in [6.07, 6.45) is 3.48. The first kappa shape index (κ1) is 11.4. The van der Waals surface area contributed by atoms with E-state index in [0.717, 1.165) is 18.4 Å². The van der Waals surface area contributed by atoms with Crippen LogP contribution in [0.25, 0.3) is 0 Å². The van der Waals surface area contributed by atoms with Gasteiger partial charge in [0.15, 0.2) is 0 Å². The Morgan fingerprint density at radius 1 is 1.38 bits per heavy atom. The molecule has 88 valence electrons. The summed E-state index contributed by atoms with van der Waals surface area (Å²) in [5.74, 6) is -0.143. The van der Waals surface area contributed by atoms with E-state index in [2.05, 4.69) is 19.2 Å². The molecule has 0 amide bonds. The van der Waals surface area contributed by atoms with Gasteiger partial charge in [-0.3, -0.25) is 0 Å². The van der Waals surface area contributed by atoms with Gasteiger partial charge in [0.1, 0.15) is 5.82 Å². The van der Waals surface area contributed by atoms with Gasteiger partial charge in [0.05, 0.1) is 5.69 Å². The SMILES string of the molecule is Cc1ccc(F)c(NC2CCC(C)(C)C2)c1. The molecular weight excluding hydrogens is 201 g/mol. The lowest BCUT2D eigenvalue weighted by atomic mass is 9.92. The monoisotopic (exact) mass is 221 g/mol. The Labute approximate surface area is 97.1 Å². The molecule has 2 heteroatoms. The summed E-state index contributed by atoms with van der Waals surface area (Å²) in [7, 11) is 0. The Bertz CT molecular complexity index is 384. The summed E-state index contributed by atoms with van der Waals surface area (Å²) in [6, 6.07) is 5.66. The summed E-state index contributed by atoms with van der Waals surface area (Å²) in [6.45, 7) is 6.55. The summed E-state index contributed by atoms with van der Waals surface area (Å²) < 4.78 is 13.6. The molecule has 16 heavy (non-hydrogen) atoms. The van der Waals surface area contributed by atoms with Gasteiger partial charge in [-0.05, 0) is 49.3 Å². The van der Waals surface area contributed by atoms with Gasteiger partial charge < -0.3 is 5.32 Å². The van der Waals surface area contributed by atoms with Crippen LogP contribution in [0.5, 0.6) is 0 Å². The molecule has 0 aromatic heterocycles. The van der Waals surface area contributed by atoms with Crippen molar-refractivity contribution in [1.29, 1.82) is 0 Å². The van der Waals surface area contributed by atoms with Gasteiger partial charge >= 0.3 is 0 Å². The van der Waals surface area contributed by atoms with Crippen molar-refractivity contribution in [1.82, 2.24) is 0 Å². The zero-order valence-electron chi connectivity index (χ0n) is 10.3. The van der Waals surface area contributed by atoms with Gasteiger partial charge in [-0.2, -0.15) is 0 Å². The second-order valence-electron chi connectivity index (χ2n) is 5.73. The highest BCUT2D eigenvalue weighted by Crippen LogP contribution is 2.38. The Morgan fingerprint density at radius 2 is 2.12 bits per heavy atom. The van der Waals surface area contributed by atoms with E-state index in [9.17, 15) is 4.39 Å². The first-order valence-electron chi connectivity index (χ1n) is 5.99. The third kappa shape index (κ3) is 2.55. The minimum Gasteiger partial charge on any atom is -0.380 e. The first-order valence-corrected chi connectivity index (χ1v) is 5.99. The minimum atomic E-state index is -0.143. The predicted octanol–water partition coefficient (Wildman–Crippen LogP) is 4.12. The van der Waals surface area contributed by atoms with Crippen molar-refractivity contribution in [3.63, 3.8) is 0 Å². The van der Waals surface area contributed by atoms with Crippen molar-refractivity contribution in [2.45, 2.75) is 46.1 Å². The first-order chi connectivity index (χ1) is 7.46. The van der Waals surface area contributed by atoms with Crippen molar-refractivity contribution < 1.29 is 4.39 Å². The molecule has 0 aliphatic heterocycles. The van der Waals surface area contributed by atoms with Crippen molar-refractivity contribution in [3.8, 4) is 0 Å². The summed E-state index contributed by atoms with van der Waals surface area (Å²) in [5.41, 5.74) is 2.15. The van der Waals surface area contributed by atoms with Crippen LogP contribution in [-0.2, 0) is 0 Å². The third-order valence-corrected chi connectivity index (χ3v) is 3.45. The van der Waals surface area contributed by atoms with Crippen LogP contribution in [0.2, 0.25) is 0 Å². The number of hydrogen-bond acceptors (Lipinski definition) is 1. The zero-order valence-corrected chi connectivity index (χ0v) is 10.3. The fourth-order valence-electron chi connectivity index (χ4n) is 2.53. The topological polar surface area (TPSA) is 12.0 Å². The molecule has 0 bridgehead atoms. The molecule has 1 aliphatic carbocycles. The van der Waals surface area contributed by atoms with Gasteiger partial charge in [-0.15, -0.1) is 0 Å². The molecule has 0 spiro atoms. The van der Waals surface area contributed by atoms with Crippen LogP contribution in [0.3, 0.4) is 0 Å². The van der Waals surface area contributed by atoms with Crippen molar-refractivity contribution in [2.75, 3.05) is 5.32 Å². The molecule has 0 saturated heterocycles. The van der Waals surface area contributed by atoms with Crippen molar-refractivity contribution in [3.05, 3.63) is 29.6 Å². The van der Waals surface area contributed by atoms with Gasteiger partial charge in [0, 0.05) is 6.04 Å². The van der Waals surface area contributed by atoms with E-state index in [0.29, 0.717) is 17.1 Å². The number of rotatable bonds is 2. The molecule has 0 radical (unpaired) electrons. The summed E-state index contributed by atoms with van der Waals surface area (Å²) in [5, 5.41) is 3.33. The largest absolute Gasteiger partial charge is 0.380 e. The van der Waals surface area contributed by atoms with Crippen LogP contribution in [0.4, 0.5) is 10.1 Å². The summed E-state index contributed by atoms with van der Waals surface area (Å²) in [4.78, 5) is 0. The maximum absolute atomic E-state index is 13.6. The second kappa shape index (κ2) is 4.08. The molecule has 0 heterocycles. The highest BCUT2D eigenvalue weighted by atomic mass is 19.1. The van der Waals surface area contributed by atoms with E-state index in [1.54, 1.807) is 6.07 Å². The maximum Gasteiger partial charge on any atom is 0.146 e. The zero-order chi connectivity index (χ0) is 11.8.